The molecule has 2 aromatic heterocycles. The molecule has 5 heteroatoms. The van der Waals surface area contributed by atoms with Crippen molar-refractivity contribution in [1.82, 2.24) is 15.0 Å². The quantitative estimate of drug-likeness (QED) is 0.781. The van der Waals surface area contributed by atoms with E-state index in [-0.39, 0.29) is 0 Å². The third kappa shape index (κ3) is 2.28. The molecule has 0 spiro atoms. The van der Waals surface area contributed by atoms with Gasteiger partial charge in [0.2, 0.25) is 0 Å². The van der Waals surface area contributed by atoms with Crippen molar-refractivity contribution in [3.8, 4) is 21.8 Å². The summed E-state index contributed by atoms with van der Waals surface area (Å²) in [4.78, 5) is 14.3. The standard InChI is InChI=1S/C15H14N4S/c1-9-13(11-6-4-3-5-7-11)19-15(20-9)12-8-17-10(2)18-14(12)16/h3-8H,1-2H3,(H2,16,17,18). The second-order valence-electron chi connectivity index (χ2n) is 4.51. The average molecular weight is 282 g/mol. The number of hydrogen-bond donors (Lipinski definition) is 1. The van der Waals surface area contributed by atoms with Gasteiger partial charge in [-0.15, -0.1) is 11.3 Å². The van der Waals surface area contributed by atoms with Crippen LogP contribution < -0.4 is 5.73 Å². The lowest BCUT2D eigenvalue weighted by Crippen LogP contribution is -1.98. The lowest BCUT2D eigenvalue weighted by Gasteiger charge is -2.01. The van der Waals surface area contributed by atoms with Gasteiger partial charge < -0.3 is 5.73 Å². The normalized spacial score (nSPS) is 10.7. The Labute approximate surface area is 121 Å². The van der Waals surface area contributed by atoms with Crippen LogP contribution >= 0.6 is 11.3 Å². The number of nitrogens with zero attached hydrogens (tertiary/aromatic N) is 3. The van der Waals surface area contributed by atoms with Gasteiger partial charge in [0, 0.05) is 16.6 Å². The molecule has 20 heavy (non-hydrogen) atoms. The third-order valence-electron chi connectivity index (χ3n) is 3.01. The van der Waals surface area contributed by atoms with Crippen LogP contribution in [0, 0.1) is 13.8 Å². The molecule has 100 valence electrons. The van der Waals surface area contributed by atoms with Gasteiger partial charge in [0.05, 0.1) is 11.3 Å². The van der Waals surface area contributed by atoms with Gasteiger partial charge in [-0.1, -0.05) is 30.3 Å². The lowest BCUT2D eigenvalue weighted by molar-refractivity contribution is 1.06. The highest BCUT2D eigenvalue weighted by Gasteiger charge is 2.14. The predicted octanol–water partition coefficient (Wildman–Crippen LogP) is 3.47. The lowest BCUT2D eigenvalue weighted by atomic mass is 10.1. The summed E-state index contributed by atoms with van der Waals surface area (Å²) < 4.78 is 0. The zero-order valence-electron chi connectivity index (χ0n) is 11.3. The zero-order chi connectivity index (χ0) is 14.1. The van der Waals surface area contributed by atoms with Crippen LogP contribution in [-0.2, 0) is 0 Å². The Kier molecular flexibility index (Phi) is 3.20. The van der Waals surface area contributed by atoms with Crippen LogP contribution in [0.25, 0.3) is 21.8 Å². The molecule has 4 nitrogen and oxygen atoms in total. The minimum atomic E-state index is 0.478. The van der Waals surface area contributed by atoms with Crippen LogP contribution in [0.15, 0.2) is 36.5 Å². The molecule has 0 aliphatic carbocycles. The van der Waals surface area contributed by atoms with Crippen LogP contribution in [0.1, 0.15) is 10.7 Å². The zero-order valence-corrected chi connectivity index (χ0v) is 12.1. The molecule has 0 bridgehead atoms. The summed E-state index contributed by atoms with van der Waals surface area (Å²) in [6.07, 6.45) is 1.74. The van der Waals surface area contributed by atoms with E-state index in [9.17, 15) is 0 Å². The molecule has 2 heterocycles. The predicted molar refractivity (Wildman–Crippen MR) is 82.5 cm³/mol. The fraction of sp³-hybridized carbons (Fsp3) is 0.133. The summed E-state index contributed by atoms with van der Waals surface area (Å²) in [7, 11) is 0. The fourth-order valence-electron chi connectivity index (χ4n) is 2.03. The van der Waals surface area contributed by atoms with Gasteiger partial charge in [-0.3, -0.25) is 0 Å². The number of nitrogens with two attached hydrogens (primary N) is 1. The summed E-state index contributed by atoms with van der Waals surface area (Å²) in [5, 5.41) is 0.860. The number of rotatable bonds is 2. The first-order chi connectivity index (χ1) is 9.65. The first-order valence-electron chi connectivity index (χ1n) is 6.27. The van der Waals surface area contributed by atoms with Gasteiger partial charge in [-0.05, 0) is 13.8 Å². The molecule has 0 aliphatic heterocycles. The van der Waals surface area contributed by atoms with Gasteiger partial charge >= 0.3 is 0 Å². The van der Waals surface area contributed by atoms with Crippen molar-refractivity contribution in [2.75, 3.05) is 5.73 Å². The number of benzene rings is 1. The first kappa shape index (κ1) is 12.7. The molecule has 0 fully saturated rings. The molecule has 0 aliphatic rings. The Bertz CT molecular complexity index is 750. The molecule has 3 rings (SSSR count). The maximum absolute atomic E-state index is 5.97. The van der Waals surface area contributed by atoms with E-state index >= 15 is 0 Å². The molecule has 2 N–H and O–H groups in total. The molecule has 0 atom stereocenters. The summed E-state index contributed by atoms with van der Waals surface area (Å²) in [5.41, 5.74) is 8.87. The second kappa shape index (κ2) is 5.02. The van der Waals surface area contributed by atoms with Crippen molar-refractivity contribution < 1.29 is 0 Å². The minimum Gasteiger partial charge on any atom is -0.383 e. The summed E-state index contributed by atoms with van der Waals surface area (Å²) >= 11 is 1.61. The number of aryl methyl sites for hydroxylation is 2. The Balaban J connectivity index is 2.09. The SMILES string of the molecule is Cc1ncc(-c2nc(-c3ccccc3)c(C)s2)c(N)n1. The molecule has 3 aromatic rings. The molecule has 0 radical (unpaired) electrons. The Morgan fingerprint density at radius 3 is 2.50 bits per heavy atom. The number of anilines is 1. The van der Waals surface area contributed by atoms with E-state index in [1.54, 1.807) is 17.5 Å². The van der Waals surface area contributed by atoms with Crippen molar-refractivity contribution >= 4 is 17.2 Å². The Hall–Kier alpha value is -2.27. The average Bonchev–Trinajstić information content (AvgIpc) is 2.81. The highest BCUT2D eigenvalue weighted by atomic mass is 32.1. The molecule has 0 saturated heterocycles. The first-order valence-corrected chi connectivity index (χ1v) is 7.09. The van der Waals surface area contributed by atoms with Crippen LogP contribution in [0.4, 0.5) is 5.82 Å². The largest absolute Gasteiger partial charge is 0.383 e. The van der Waals surface area contributed by atoms with E-state index < -0.39 is 0 Å². The topological polar surface area (TPSA) is 64.7 Å². The number of nitrogen functional groups attached to an aromatic ring is 1. The van der Waals surface area contributed by atoms with Crippen molar-refractivity contribution in [3.05, 3.63) is 47.2 Å². The molecular weight excluding hydrogens is 268 g/mol. The van der Waals surface area contributed by atoms with Crippen molar-refractivity contribution in [2.24, 2.45) is 0 Å². The third-order valence-corrected chi connectivity index (χ3v) is 4.02. The molecule has 0 amide bonds. The van der Waals surface area contributed by atoms with Gasteiger partial charge in [-0.2, -0.15) is 0 Å². The van der Waals surface area contributed by atoms with Crippen molar-refractivity contribution in [3.63, 3.8) is 0 Å². The maximum atomic E-state index is 5.97. The number of aromatic nitrogens is 3. The Morgan fingerprint density at radius 1 is 1.05 bits per heavy atom. The van der Waals surface area contributed by atoms with Crippen LogP contribution in [0.5, 0.6) is 0 Å². The summed E-state index contributed by atoms with van der Waals surface area (Å²) in [6.45, 7) is 3.89. The highest BCUT2D eigenvalue weighted by Crippen LogP contribution is 2.34. The van der Waals surface area contributed by atoms with E-state index in [4.69, 9.17) is 10.7 Å². The molecule has 1 aromatic carbocycles. The van der Waals surface area contributed by atoms with E-state index in [2.05, 4.69) is 29.0 Å². The van der Waals surface area contributed by atoms with Gasteiger partial charge in [-0.25, -0.2) is 15.0 Å². The minimum absolute atomic E-state index is 0.478. The van der Waals surface area contributed by atoms with Crippen molar-refractivity contribution in [1.29, 1.82) is 0 Å². The smallest absolute Gasteiger partial charge is 0.137 e. The van der Waals surface area contributed by atoms with Gasteiger partial charge in [0.25, 0.3) is 0 Å². The fourth-order valence-corrected chi connectivity index (χ4v) is 2.98. The van der Waals surface area contributed by atoms with Crippen molar-refractivity contribution in [2.45, 2.75) is 13.8 Å². The monoisotopic (exact) mass is 282 g/mol. The highest BCUT2D eigenvalue weighted by molar-refractivity contribution is 7.15. The van der Waals surface area contributed by atoms with E-state index in [0.717, 1.165) is 26.7 Å². The Morgan fingerprint density at radius 2 is 1.80 bits per heavy atom. The molecule has 0 saturated carbocycles. The van der Waals surface area contributed by atoms with Crippen LogP contribution in [0.2, 0.25) is 0 Å². The molecule has 0 unspecified atom stereocenters. The maximum Gasteiger partial charge on any atom is 0.137 e. The molecular formula is C15H14N4S. The van der Waals surface area contributed by atoms with E-state index in [0.29, 0.717) is 11.6 Å². The van der Waals surface area contributed by atoms with Crippen LogP contribution in [-0.4, -0.2) is 15.0 Å². The van der Waals surface area contributed by atoms with E-state index in [1.165, 1.54) is 0 Å². The second-order valence-corrected chi connectivity index (χ2v) is 5.71. The van der Waals surface area contributed by atoms with Crippen LogP contribution in [0.3, 0.4) is 0 Å². The summed E-state index contributed by atoms with van der Waals surface area (Å²) in [6, 6.07) is 10.1. The van der Waals surface area contributed by atoms with Gasteiger partial charge in [0.1, 0.15) is 16.6 Å². The number of hydrogen-bond acceptors (Lipinski definition) is 5. The number of thiazole rings is 1. The van der Waals surface area contributed by atoms with E-state index in [1.807, 2.05) is 25.1 Å². The summed E-state index contributed by atoms with van der Waals surface area (Å²) in [5.74, 6) is 1.15. The van der Waals surface area contributed by atoms with Gasteiger partial charge in [0.15, 0.2) is 0 Å².